The first-order valence-corrected chi connectivity index (χ1v) is 4.28. The van der Waals surface area contributed by atoms with E-state index in [2.05, 4.69) is 21.6 Å². The summed E-state index contributed by atoms with van der Waals surface area (Å²) < 4.78 is 17.5. The molecule has 0 aliphatic carbocycles. The Bertz CT molecular complexity index is 509. The lowest BCUT2D eigenvalue weighted by Crippen LogP contribution is -2.06. The van der Waals surface area contributed by atoms with Crippen LogP contribution in [0.5, 0.6) is 0 Å². The van der Waals surface area contributed by atoms with E-state index in [0.29, 0.717) is 5.56 Å². The summed E-state index contributed by atoms with van der Waals surface area (Å²) in [6.07, 6.45) is 1.25. The number of nitrogens with zero attached hydrogens (tertiary/aromatic N) is 2. The third-order valence-electron chi connectivity index (χ3n) is 1.64. The monoisotopic (exact) mass is 218 g/mol. The Morgan fingerprint density at radius 1 is 1.69 bits per heavy atom. The SMILES string of the molecule is COC(=O)c1cc(C#CCC#N)cnc1F. The minimum atomic E-state index is -0.905. The number of nitriles is 1. The van der Waals surface area contributed by atoms with Gasteiger partial charge >= 0.3 is 5.97 Å². The molecule has 0 spiro atoms. The molecule has 5 heteroatoms. The number of rotatable bonds is 1. The molecule has 0 saturated heterocycles. The Morgan fingerprint density at radius 2 is 2.44 bits per heavy atom. The molecule has 1 rings (SSSR count). The minimum Gasteiger partial charge on any atom is -0.465 e. The van der Waals surface area contributed by atoms with Gasteiger partial charge in [-0.05, 0) is 6.07 Å². The van der Waals surface area contributed by atoms with Gasteiger partial charge in [0.15, 0.2) is 0 Å². The fourth-order valence-corrected chi connectivity index (χ4v) is 0.955. The molecule has 0 saturated carbocycles. The van der Waals surface area contributed by atoms with Gasteiger partial charge in [-0.15, -0.1) is 0 Å². The fourth-order valence-electron chi connectivity index (χ4n) is 0.955. The van der Waals surface area contributed by atoms with E-state index >= 15 is 0 Å². The first-order chi connectivity index (χ1) is 7.69. The Kier molecular flexibility index (Phi) is 3.99. The molecule has 1 aromatic heterocycles. The third kappa shape index (κ3) is 2.79. The number of esters is 1. The van der Waals surface area contributed by atoms with Crippen LogP contribution in [0.25, 0.3) is 0 Å². The average molecular weight is 218 g/mol. The average Bonchev–Trinajstić information content (AvgIpc) is 2.30. The van der Waals surface area contributed by atoms with Gasteiger partial charge in [0.2, 0.25) is 5.95 Å². The smallest absolute Gasteiger partial charge is 0.342 e. The molecule has 0 amide bonds. The quantitative estimate of drug-likeness (QED) is 0.404. The number of hydrogen-bond acceptors (Lipinski definition) is 4. The van der Waals surface area contributed by atoms with Crippen molar-refractivity contribution in [3.8, 4) is 17.9 Å². The van der Waals surface area contributed by atoms with Gasteiger partial charge in [-0.3, -0.25) is 0 Å². The van der Waals surface area contributed by atoms with Gasteiger partial charge in [0.25, 0.3) is 0 Å². The van der Waals surface area contributed by atoms with Crippen molar-refractivity contribution in [3.05, 3.63) is 29.3 Å². The fraction of sp³-hybridized carbons (Fsp3) is 0.182. The summed E-state index contributed by atoms with van der Waals surface area (Å²) in [4.78, 5) is 14.5. The van der Waals surface area contributed by atoms with Crippen LogP contribution in [0, 0.1) is 29.1 Å². The van der Waals surface area contributed by atoms with E-state index in [0.717, 1.165) is 7.11 Å². The normalized spacial score (nSPS) is 8.56. The highest BCUT2D eigenvalue weighted by Crippen LogP contribution is 2.08. The first-order valence-electron chi connectivity index (χ1n) is 4.28. The van der Waals surface area contributed by atoms with E-state index in [-0.39, 0.29) is 12.0 Å². The zero-order valence-corrected chi connectivity index (χ0v) is 8.45. The van der Waals surface area contributed by atoms with Gasteiger partial charge in [-0.1, -0.05) is 11.8 Å². The third-order valence-corrected chi connectivity index (χ3v) is 1.64. The summed E-state index contributed by atoms with van der Waals surface area (Å²) >= 11 is 0. The van der Waals surface area contributed by atoms with E-state index in [1.165, 1.54) is 12.3 Å². The van der Waals surface area contributed by atoms with Crippen LogP contribution in [0.2, 0.25) is 0 Å². The molecule has 80 valence electrons. The Balaban J connectivity index is 3.05. The Labute approximate surface area is 91.7 Å². The molecule has 1 aromatic rings. The van der Waals surface area contributed by atoms with E-state index in [1.54, 1.807) is 0 Å². The lowest BCUT2D eigenvalue weighted by Gasteiger charge is -2.00. The predicted octanol–water partition coefficient (Wildman–Crippen LogP) is 1.27. The summed E-state index contributed by atoms with van der Waals surface area (Å²) in [5.41, 5.74) is 0.0864. The van der Waals surface area contributed by atoms with Crippen LogP contribution in [0.1, 0.15) is 22.3 Å². The number of carbonyl (C=O) groups is 1. The summed E-state index contributed by atoms with van der Waals surface area (Å²) in [5.74, 6) is 3.40. The highest BCUT2D eigenvalue weighted by molar-refractivity contribution is 5.89. The molecule has 0 aromatic carbocycles. The van der Waals surface area contributed by atoms with Gasteiger partial charge in [-0.2, -0.15) is 9.65 Å². The van der Waals surface area contributed by atoms with Crippen LogP contribution in [-0.4, -0.2) is 18.1 Å². The molecule has 0 aliphatic rings. The largest absolute Gasteiger partial charge is 0.465 e. The van der Waals surface area contributed by atoms with E-state index in [1.807, 2.05) is 6.07 Å². The molecule has 0 radical (unpaired) electrons. The van der Waals surface area contributed by atoms with Gasteiger partial charge in [0.1, 0.15) is 5.56 Å². The molecule has 0 aliphatic heterocycles. The number of pyridine rings is 1. The van der Waals surface area contributed by atoms with Crippen molar-refractivity contribution in [2.24, 2.45) is 0 Å². The highest BCUT2D eigenvalue weighted by atomic mass is 19.1. The minimum absolute atomic E-state index is 0.0605. The van der Waals surface area contributed by atoms with Crippen molar-refractivity contribution in [3.63, 3.8) is 0 Å². The van der Waals surface area contributed by atoms with Crippen LogP contribution in [-0.2, 0) is 4.74 Å². The van der Waals surface area contributed by atoms with Crippen LogP contribution in [0.4, 0.5) is 4.39 Å². The maximum absolute atomic E-state index is 13.1. The van der Waals surface area contributed by atoms with E-state index in [9.17, 15) is 9.18 Å². The molecule has 0 N–H and O–H groups in total. The van der Waals surface area contributed by atoms with Crippen molar-refractivity contribution >= 4 is 5.97 Å². The standard InChI is InChI=1S/C11H7FN2O2/c1-16-11(15)9-6-8(4-2-3-5-13)7-14-10(9)12/h6-7H,3H2,1H3. The first kappa shape index (κ1) is 11.7. The zero-order chi connectivity index (χ0) is 12.0. The number of halogens is 1. The van der Waals surface area contributed by atoms with Crippen LogP contribution in [0.3, 0.4) is 0 Å². The second-order valence-corrected chi connectivity index (χ2v) is 2.69. The van der Waals surface area contributed by atoms with Crippen molar-refractivity contribution in [2.75, 3.05) is 7.11 Å². The lowest BCUT2D eigenvalue weighted by atomic mass is 10.2. The van der Waals surface area contributed by atoms with Crippen molar-refractivity contribution < 1.29 is 13.9 Å². The maximum Gasteiger partial charge on any atom is 0.342 e. The summed E-state index contributed by atoms with van der Waals surface area (Å²) in [6.45, 7) is 0. The maximum atomic E-state index is 13.1. The lowest BCUT2D eigenvalue weighted by molar-refractivity contribution is 0.0594. The molecular weight excluding hydrogens is 211 g/mol. The van der Waals surface area contributed by atoms with E-state index < -0.39 is 11.9 Å². The summed E-state index contributed by atoms with van der Waals surface area (Å²) in [5, 5.41) is 8.27. The Hall–Kier alpha value is -2.40. The van der Waals surface area contributed by atoms with Crippen molar-refractivity contribution in [1.82, 2.24) is 4.98 Å². The highest BCUT2D eigenvalue weighted by Gasteiger charge is 2.13. The molecular formula is C11H7FN2O2. The van der Waals surface area contributed by atoms with E-state index in [4.69, 9.17) is 5.26 Å². The topological polar surface area (TPSA) is 63.0 Å². The number of methoxy groups -OCH3 is 1. The second kappa shape index (κ2) is 5.47. The number of ether oxygens (including phenoxy) is 1. The number of carbonyl (C=O) groups excluding carboxylic acids is 1. The second-order valence-electron chi connectivity index (χ2n) is 2.69. The zero-order valence-electron chi connectivity index (χ0n) is 8.45. The molecule has 0 bridgehead atoms. The molecule has 1 heterocycles. The summed E-state index contributed by atoms with van der Waals surface area (Å²) in [6, 6.07) is 3.07. The van der Waals surface area contributed by atoms with Crippen LogP contribution < -0.4 is 0 Å². The van der Waals surface area contributed by atoms with Crippen LogP contribution in [0.15, 0.2) is 12.3 Å². The van der Waals surface area contributed by atoms with Gasteiger partial charge in [0.05, 0.1) is 19.6 Å². The number of hydrogen-bond donors (Lipinski definition) is 0. The molecule has 16 heavy (non-hydrogen) atoms. The molecule has 0 fully saturated rings. The van der Waals surface area contributed by atoms with Gasteiger partial charge in [0, 0.05) is 11.8 Å². The Morgan fingerprint density at radius 3 is 3.06 bits per heavy atom. The van der Waals surface area contributed by atoms with Crippen LogP contribution >= 0.6 is 0 Å². The van der Waals surface area contributed by atoms with Gasteiger partial charge < -0.3 is 4.74 Å². The molecule has 4 nitrogen and oxygen atoms in total. The predicted molar refractivity (Wildman–Crippen MR) is 52.6 cm³/mol. The van der Waals surface area contributed by atoms with Gasteiger partial charge in [-0.25, -0.2) is 9.78 Å². The van der Waals surface area contributed by atoms with Crippen molar-refractivity contribution in [2.45, 2.75) is 6.42 Å². The molecule has 0 unspecified atom stereocenters. The number of aromatic nitrogens is 1. The van der Waals surface area contributed by atoms with Crippen molar-refractivity contribution in [1.29, 1.82) is 5.26 Å². The molecule has 0 atom stereocenters. The summed E-state index contributed by atoms with van der Waals surface area (Å²) in [7, 11) is 1.15.